The molecular weight excluding hydrogens is 302 g/mol. The topological polar surface area (TPSA) is 66.4 Å². The molecule has 2 N–H and O–H groups in total. The van der Waals surface area contributed by atoms with Gasteiger partial charge in [0.2, 0.25) is 5.91 Å². The molecule has 0 aromatic carbocycles. The maximum Gasteiger partial charge on any atom is 0.303 e. The van der Waals surface area contributed by atoms with Crippen molar-refractivity contribution >= 4 is 11.9 Å². The number of allylic oxidation sites excluding steroid dienone is 1. The van der Waals surface area contributed by atoms with Crippen LogP contribution in [0.15, 0.2) is 12.2 Å². The lowest BCUT2D eigenvalue weighted by atomic mass is 10.1. The summed E-state index contributed by atoms with van der Waals surface area (Å²) in [5.74, 6) is -0.532. The Morgan fingerprint density at radius 2 is 1.33 bits per heavy atom. The molecule has 0 aliphatic carbocycles. The molecule has 0 saturated carbocycles. The number of unbranched alkanes of at least 4 members (excludes halogenated alkanes) is 10. The van der Waals surface area contributed by atoms with E-state index >= 15 is 0 Å². The first-order valence-electron chi connectivity index (χ1n) is 9.80. The Balaban J connectivity index is 3.14. The molecule has 0 spiro atoms. The third kappa shape index (κ3) is 18.7. The van der Waals surface area contributed by atoms with E-state index in [1.165, 1.54) is 51.4 Å². The molecule has 0 radical (unpaired) electrons. The molecule has 1 amide bonds. The van der Waals surface area contributed by atoms with Crippen LogP contribution in [0.5, 0.6) is 0 Å². The minimum absolute atomic E-state index is 0.143. The summed E-state index contributed by atoms with van der Waals surface area (Å²) in [5, 5.41) is 11.4. The van der Waals surface area contributed by atoms with Gasteiger partial charge in [-0.15, -0.1) is 0 Å². The van der Waals surface area contributed by atoms with Gasteiger partial charge in [0, 0.05) is 19.4 Å². The van der Waals surface area contributed by atoms with E-state index < -0.39 is 5.97 Å². The SMILES string of the molecule is CCCC(=O)NCC=CCCCCCCCCCCCCC(=O)O. The molecule has 0 aromatic heterocycles. The molecule has 0 bridgehead atoms. The molecule has 0 aliphatic rings. The van der Waals surface area contributed by atoms with Crippen molar-refractivity contribution in [2.75, 3.05) is 6.54 Å². The lowest BCUT2D eigenvalue weighted by molar-refractivity contribution is -0.137. The van der Waals surface area contributed by atoms with Crippen molar-refractivity contribution < 1.29 is 14.7 Å². The van der Waals surface area contributed by atoms with Crippen molar-refractivity contribution in [1.82, 2.24) is 5.32 Å². The maximum atomic E-state index is 11.2. The van der Waals surface area contributed by atoms with Gasteiger partial charge in [0.25, 0.3) is 0 Å². The normalized spacial score (nSPS) is 11.0. The zero-order valence-electron chi connectivity index (χ0n) is 15.5. The first-order valence-corrected chi connectivity index (χ1v) is 9.80. The van der Waals surface area contributed by atoms with Crippen LogP contribution in [0.1, 0.15) is 96.8 Å². The van der Waals surface area contributed by atoms with Crippen molar-refractivity contribution in [1.29, 1.82) is 0 Å². The number of carboxylic acid groups (broad SMARTS) is 1. The Kier molecular flexibility index (Phi) is 17.0. The number of carboxylic acids is 1. The van der Waals surface area contributed by atoms with Crippen LogP contribution in [-0.2, 0) is 9.59 Å². The fraction of sp³-hybridized carbons (Fsp3) is 0.800. The predicted octanol–water partition coefficient (Wildman–Crippen LogP) is 5.22. The number of rotatable bonds is 17. The Labute approximate surface area is 148 Å². The molecule has 0 aliphatic heterocycles. The van der Waals surface area contributed by atoms with Gasteiger partial charge in [-0.1, -0.05) is 70.4 Å². The number of carbonyl (C=O) groups is 2. The van der Waals surface area contributed by atoms with Gasteiger partial charge in [0.1, 0.15) is 0 Å². The van der Waals surface area contributed by atoms with Crippen molar-refractivity contribution in [2.24, 2.45) is 0 Å². The molecule has 24 heavy (non-hydrogen) atoms. The van der Waals surface area contributed by atoms with Gasteiger partial charge in [0.05, 0.1) is 0 Å². The second kappa shape index (κ2) is 18.0. The molecule has 0 saturated heterocycles. The highest BCUT2D eigenvalue weighted by Crippen LogP contribution is 2.12. The molecule has 0 heterocycles. The summed E-state index contributed by atoms with van der Waals surface area (Å²) >= 11 is 0. The number of nitrogens with one attached hydrogen (secondary N) is 1. The Hall–Kier alpha value is -1.32. The Morgan fingerprint density at radius 1 is 0.792 bits per heavy atom. The molecule has 0 fully saturated rings. The van der Waals surface area contributed by atoms with E-state index in [9.17, 15) is 9.59 Å². The average molecular weight is 340 g/mol. The zero-order valence-corrected chi connectivity index (χ0v) is 15.5. The smallest absolute Gasteiger partial charge is 0.303 e. The van der Waals surface area contributed by atoms with Crippen molar-refractivity contribution in [3.05, 3.63) is 12.2 Å². The summed E-state index contributed by atoms with van der Waals surface area (Å²) < 4.78 is 0. The van der Waals surface area contributed by atoms with Gasteiger partial charge in [-0.25, -0.2) is 0 Å². The highest BCUT2D eigenvalue weighted by molar-refractivity contribution is 5.75. The summed E-state index contributed by atoms with van der Waals surface area (Å²) in [6.07, 6.45) is 19.2. The summed E-state index contributed by atoms with van der Waals surface area (Å²) in [6, 6.07) is 0. The van der Waals surface area contributed by atoms with Crippen molar-refractivity contribution in [2.45, 2.75) is 96.8 Å². The molecule has 140 valence electrons. The van der Waals surface area contributed by atoms with Gasteiger partial charge < -0.3 is 10.4 Å². The molecular formula is C20H37NO3. The second-order valence-corrected chi connectivity index (χ2v) is 6.49. The summed E-state index contributed by atoms with van der Waals surface area (Å²) in [5.41, 5.74) is 0. The van der Waals surface area contributed by atoms with Crippen LogP contribution in [0, 0.1) is 0 Å². The van der Waals surface area contributed by atoms with Gasteiger partial charge in [-0.3, -0.25) is 9.59 Å². The predicted molar refractivity (Wildman–Crippen MR) is 100 cm³/mol. The third-order valence-corrected chi connectivity index (χ3v) is 4.07. The quantitative estimate of drug-likeness (QED) is 0.282. The molecule has 4 nitrogen and oxygen atoms in total. The summed E-state index contributed by atoms with van der Waals surface area (Å²) in [6.45, 7) is 2.67. The number of hydrogen-bond acceptors (Lipinski definition) is 2. The number of aliphatic carboxylic acids is 1. The number of amides is 1. The summed E-state index contributed by atoms with van der Waals surface area (Å²) in [7, 11) is 0. The number of carbonyl (C=O) groups excluding carboxylic acids is 1. The van der Waals surface area contributed by atoms with E-state index in [4.69, 9.17) is 5.11 Å². The first-order chi connectivity index (χ1) is 11.7. The van der Waals surface area contributed by atoms with E-state index in [0.717, 1.165) is 25.7 Å². The van der Waals surface area contributed by atoms with Crippen LogP contribution < -0.4 is 5.32 Å². The molecule has 0 unspecified atom stereocenters. The van der Waals surface area contributed by atoms with Crippen LogP contribution in [0.25, 0.3) is 0 Å². The number of hydrogen-bond donors (Lipinski definition) is 2. The standard InChI is InChI=1S/C20H37NO3/c1-2-16-19(22)21-18-15-13-11-9-7-5-3-4-6-8-10-12-14-17-20(23)24/h13,15H,2-12,14,16-18H2,1H3,(H,21,22)(H,23,24). The maximum absolute atomic E-state index is 11.2. The minimum atomic E-state index is -0.675. The fourth-order valence-electron chi connectivity index (χ4n) is 2.64. The zero-order chi connectivity index (χ0) is 17.9. The lowest BCUT2D eigenvalue weighted by Gasteiger charge is -2.02. The van der Waals surface area contributed by atoms with Crippen LogP contribution in [0.3, 0.4) is 0 Å². The van der Waals surface area contributed by atoms with Crippen LogP contribution in [0.4, 0.5) is 0 Å². The highest BCUT2D eigenvalue weighted by Gasteiger charge is 1.97. The van der Waals surface area contributed by atoms with E-state index in [1.807, 2.05) is 6.92 Å². The first kappa shape index (κ1) is 22.7. The highest BCUT2D eigenvalue weighted by atomic mass is 16.4. The van der Waals surface area contributed by atoms with Crippen LogP contribution >= 0.6 is 0 Å². The second-order valence-electron chi connectivity index (χ2n) is 6.49. The van der Waals surface area contributed by atoms with Gasteiger partial charge in [0.15, 0.2) is 0 Å². The Bertz CT molecular complexity index is 340. The lowest BCUT2D eigenvalue weighted by Crippen LogP contribution is -2.22. The molecule has 4 heteroatoms. The molecule has 0 aromatic rings. The summed E-state index contributed by atoms with van der Waals surface area (Å²) in [4.78, 5) is 21.6. The third-order valence-electron chi connectivity index (χ3n) is 4.07. The molecule has 0 rings (SSSR count). The van der Waals surface area contributed by atoms with E-state index in [1.54, 1.807) is 0 Å². The monoisotopic (exact) mass is 339 g/mol. The van der Waals surface area contributed by atoms with E-state index in [-0.39, 0.29) is 5.91 Å². The van der Waals surface area contributed by atoms with Crippen LogP contribution in [-0.4, -0.2) is 23.5 Å². The Morgan fingerprint density at radius 3 is 1.88 bits per heavy atom. The van der Waals surface area contributed by atoms with Crippen molar-refractivity contribution in [3.8, 4) is 0 Å². The van der Waals surface area contributed by atoms with Gasteiger partial charge in [-0.05, 0) is 25.7 Å². The van der Waals surface area contributed by atoms with E-state index in [2.05, 4.69) is 17.5 Å². The van der Waals surface area contributed by atoms with Gasteiger partial charge in [-0.2, -0.15) is 0 Å². The average Bonchev–Trinajstić information content (AvgIpc) is 2.54. The van der Waals surface area contributed by atoms with Crippen molar-refractivity contribution in [3.63, 3.8) is 0 Å². The van der Waals surface area contributed by atoms with E-state index in [0.29, 0.717) is 19.4 Å². The minimum Gasteiger partial charge on any atom is -0.481 e. The van der Waals surface area contributed by atoms with Gasteiger partial charge >= 0.3 is 5.97 Å². The molecule has 0 atom stereocenters. The largest absolute Gasteiger partial charge is 0.481 e. The fourth-order valence-corrected chi connectivity index (χ4v) is 2.64. The van der Waals surface area contributed by atoms with Crippen LogP contribution in [0.2, 0.25) is 0 Å².